The number of carbonyl (C=O) groups excluding carboxylic acids is 5. The van der Waals surface area contributed by atoms with Gasteiger partial charge < -0.3 is 39.2 Å². The highest BCUT2D eigenvalue weighted by atomic mass is 16.6. The van der Waals surface area contributed by atoms with E-state index >= 15 is 0 Å². The highest BCUT2D eigenvalue weighted by Crippen LogP contribution is 2.45. The third-order valence-electron chi connectivity index (χ3n) is 14.5. The van der Waals surface area contributed by atoms with Gasteiger partial charge in [0.05, 0.1) is 18.3 Å². The van der Waals surface area contributed by atoms with Crippen molar-refractivity contribution in [3.05, 3.63) is 47.6 Å². The number of hydrogen-bond donors (Lipinski definition) is 3. The van der Waals surface area contributed by atoms with Crippen LogP contribution >= 0.6 is 0 Å². The lowest BCUT2D eigenvalue weighted by Gasteiger charge is -2.50. The van der Waals surface area contributed by atoms with Crippen molar-refractivity contribution in [1.82, 2.24) is 4.90 Å². The zero-order valence-electron chi connectivity index (χ0n) is 38.2. The zero-order chi connectivity index (χ0) is 45.5. The molecule has 0 radical (unpaired) electrons. The molecule has 4 heterocycles. The number of hydrogen-bond acceptors (Lipinski definition) is 12. The maximum absolute atomic E-state index is 14.3. The van der Waals surface area contributed by atoms with E-state index in [-0.39, 0.29) is 48.4 Å². The smallest absolute Gasteiger partial charge is 0.329 e. The van der Waals surface area contributed by atoms with Gasteiger partial charge in [0.2, 0.25) is 5.79 Å². The van der Waals surface area contributed by atoms with E-state index in [0.717, 1.165) is 5.57 Å². The molecule has 5 rings (SSSR count). The van der Waals surface area contributed by atoms with Gasteiger partial charge in [-0.3, -0.25) is 19.2 Å². The van der Waals surface area contributed by atoms with Crippen molar-refractivity contribution in [3.63, 3.8) is 0 Å². The van der Waals surface area contributed by atoms with E-state index in [4.69, 9.17) is 18.9 Å². The van der Waals surface area contributed by atoms with Gasteiger partial charge in [-0.15, -0.1) is 0 Å². The summed E-state index contributed by atoms with van der Waals surface area (Å²) in [5.41, 5.74) is 1.47. The summed E-state index contributed by atoms with van der Waals surface area (Å²) in [5, 5.41) is 33.9. The minimum Gasteiger partial charge on any atom is -0.460 e. The Labute approximate surface area is 368 Å². The van der Waals surface area contributed by atoms with Crippen LogP contribution in [0.5, 0.6) is 0 Å². The summed E-state index contributed by atoms with van der Waals surface area (Å²) in [5.74, 6) is -8.09. The van der Waals surface area contributed by atoms with Crippen LogP contribution in [0.2, 0.25) is 0 Å². The summed E-state index contributed by atoms with van der Waals surface area (Å²) in [7, 11) is 2.96. The van der Waals surface area contributed by atoms with E-state index in [1.54, 1.807) is 34.0 Å². The number of Topliss-reactive ketones (excluding diaryl/α,β-unsaturated/α-hetero) is 3. The number of esters is 1. The molecule has 1 unspecified atom stereocenters. The fourth-order valence-electron chi connectivity index (χ4n) is 10.6. The highest BCUT2D eigenvalue weighted by molar-refractivity contribution is 6.39. The van der Waals surface area contributed by atoms with Crippen molar-refractivity contribution in [2.45, 2.75) is 167 Å². The lowest BCUT2D eigenvalue weighted by molar-refractivity contribution is -0.263. The molecule has 0 spiro atoms. The van der Waals surface area contributed by atoms with Crippen molar-refractivity contribution >= 4 is 29.2 Å². The molecule has 1 amide bonds. The maximum Gasteiger partial charge on any atom is 0.329 e. The van der Waals surface area contributed by atoms with Crippen LogP contribution in [0.3, 0.4) is 0 Å². The molecule has 15 atom stereocenters. The number of nitrogens with zero attached hydrogens (tertiary/aromatic N) is 1. The van der Waals surface area contributed by atoms with Crippen molar-refractivity contribution in [3.8, 4) is 0 Å². The predicted molar refractivity (Wildman–Crippen MR) is 232 cm³/mol. The van der Waals surface area contributed by atoms with Gasteiger partial charge in [0.15, 0.2) is 5.78 Å². The van der Waals surface area contributed by atoms with Crippen LogP contribution in [0.25, 0.3) is 0 Å². The third kappa shape index (κ3) is 11.7. The summed E-state index contributed by atoms with van der Waals surface area (Å²) in [6, 6.07) is -1.10. The van der Waals surface area contributed by atoms with Crippen molar-refractivity contribution in [1.29, 1.82) is 0 Å². The number of aliphatic hydroxyl groups is 3. The number of rotatable bonds is 4. The second-order valence-corrected chi connectivity index (χ2v) is 19.2. The largest absolute Gasteiger partial charge is 0.460 e. The molecule has 5 aliphatic rings. The molecule has 1 saturated carbocycles. The Bertz CT molecular complexity index is 1740. The van der Waals surface area contributed by atoms with Crippen molar-refractivity contribution in [2.24, 2.45) is 41.4 Å². The zero-order valence-corrected chi connectivity index (χ0v) is 38.2. The van der Waals surface area contributed by atoms with Gasteiger partial charge in [-0.25, -0.2) is 4.79 Å². The molecule has 13 heteroatoms. The number of allylic oxidation sites excluding steroid dienone is 7. The second-order valence-electron chi connectivity index (χ2n) is 19.2. The predicted octanol–water partition coefficient (Wildman–Crippen LogP) is 5.78. The molecule has 0 aromatic rings. The molecular formula is C49H73NO12. The Morgan fingerprint density at radius 3 is 2.34 bits per heavy atom. The lowest BCUT2D eigenvalue weighted by atomic mass is 9.68. The normalized spacial score (nSPS) is 43.0. The fraction of sp³-hybridized carbons (Fsp3) is 0.735. The van der Waals surface area contributed by atoms with E-state index < -0.39 is 83.7 Å². The number of ketones is 3. The number of piperidine rings is 1. The summed E-state index contributed by atoms with van der Waals surface area (Å²) in [4.78, 5) is 71.7. The molecule has 4 aliphatic heterocycles. The van der Waals surface area contributed by atoms with E-state index in [1.807, 2.05) is 51.2 Å². The second kappa shape index (κ2) is 22.0. The molecule has 0 aromatic heterocycles. The topological polar surface area (TPSA) is 186 Å². The molecule has 13 nitrogen and oxygen atoms in total. The quantitative estimate of drug-likeness (QED) is 0.176. The molecule has 62 heavy (non-hydrogen) atoms. The first-order valence-electron chi connectivity index (χ1n) is 23.0. The van der Waals surface area contributed by atoms with Gasteiger partial charge >= 0.3 is 5.97 Å². The van der Waals surface area contributed by atoms with E-state index in [0.29, 0.717) is 76.2 Å². The molecule has 0 aromatic carbocycles. The number of fused-ring (bicyclic) bond motifs is 3. The van der Waals surface area contributed by atoms with Gasteiger partial charge in [-0.1, -0.05) is 69.7 Å². The van der Waals surface area contributed by atoms with Crippen molar-refractivity contribution < 1.29 is 58.2 Å². The number of aliphatic hydroxyl groups excluding tert-OH is 2. The van der Waals surface area contributed by atoms with Crippen LogP contribution in [-0.2, 0) is 42.9 Å². The van der Waals surface area contributed by atoms with Gasteiger partial charge in [0.1, 0.15) is 30.1 Å². The first-order valence-corrected chi connectivity index (χ1v) is 23.0. The minimum absolute atomic E-state index is 0.0539. The minimum atomic E-state index is -2.36. The van der Waals surface area contributed by atoms with E-state index in [2.05, 4.69) is 0 Å². The average Bonchev–Trinajstić information content (AvgIpc) is 3.24. The van der Waals surface area contributed by atoms with Crippen LogP contribution in [0.1, 0.15) is 119 Å². The van der Waals surface area contributed by atoms with Gasteiger partial charge in [-0.2, -0.15) is 0 Å². The Balaban J connectivity index is 1.48. The first-order chi connectivity index (χ1) is 29.4. The van der Waals surface area contributed by atoms with Gasteiger partial charge in [-0.05, 0) is 108 Å². The Morgan fingerprint density at radius 2 is 1.63 bits per heavy atom. The Morgan fingerprint density at radius 1 is 0.887 bits per heavy atom. The molecule has 3 saturated heterocycles. The summed E-state index contributed by atoms with van der Waals surface area (Å²) in [6.07, 6.45) is 12.7. The average molecular weight is 868 g/mol. The first kappa shape index (κ1) is 49.7. The molecule has 3 N–H and O–H groups in total. The van der Waals surface area contributed by atoms with Crippen LogP contribution in [0, 0.1) is 41.4 Å². The molecule has 4 fully saturated rings. The molecule has 346 valence electrons. The van der Waals surface area contributed by atoms with E-state index in [1.165, 1.54) is 12.0 Å². The number of methoxy groups -OCH3 is 2. The highest BCUT2D eigenvalue weighted by Gasteiger charge is 2.56. The van der Waals surface area contributed by atoms with Crippen LogP contribution in [0.4, 0.5) is 0 Å². The van der Waals surface area contributed by atoms with Crippen molar-refractivity contribution in [2.75, 3.05) is 20.8 Å². The Hall–Kier alpha value is -3.33. The van der Waals surface area contributed by atoms with Crippen LogP contribution < -0.4 is 0 Å². The van der Waals surface area contributed by atoms with E-state index in [9.17, 15) is 39.3 Å². The Kier molecular flexibility index (Phi) is 17.7. The summed E-state index contributed by atoms with van der Waals surface area (Å²) >= 11 is 0. The number of ether oxygens (including phenoxy) is 4. The van der Waals surface area contributed by atoms with Gasteiger partial charge in [0, 0.05) is 50.9 Å². The maximum atomic E-state index is 14.3. The molecule has 6 bridgehead atoms. The standard InChI is InChI=1S/C49H73NO12/c1-28-13-10-9-11-14-29(2)23-31(4)43(53)45(60-8)44(54)32(5)24-30(3)39(52)27-40-37(25-34-18-21-38(51)41(26-34)59-7)36-15-12-22-50(42(36)48(57)61-40)47(56)46(55)49(58)33(6)17-20-35(62-49)19-16-28/h9-11,13-14,24,29-31,33-38,40-42,44-45,51,54,58H,12,15-23,25-27H2,1-8H3/b10-9+,14-11+,28-13+,32-24+/t29-,30-,31-,33-,34+,35-,36-,37?,38-,40+,41-,42+,44-,45+,49-/m1/s1. The lowest BCUT2D eigenvalue weighted by Crippen LogP contribution is -2.65. The van der Waals surface area contributed by atoms with Gasteiger partial charge in [0.25, 0.3) is 11.7 Å². The molecular weight excluding hydrogens is 795 g/mol. The summed E-state index contributed by atoms with van der Waals surface area (Å²) < 4.78 is 23.5. The number of amides is 1. The monoisotopic (exact) mass is 868 g/mol. The summed E-state index contributed by atoms with van der Waals surface area (Å²) in [6.45, 7) is 11.0. The van der Waals surface area contributed by atoms with Crippen LogP contribution in [-0.4, -0.2) is 119 Å². The molecule has 1 aliphatic carbocycles. The number of carbonyl (C=O) groups is 5. The SMILES string of the molecule is CO[C@@H]1C[C@H](CC2[C@@H]3CC(=O)[C@H](C)/C=C(\C)[C@@H](O)[C@@H](OC)C(=O)[C@H](C)C[C@H](C)/C=C/C=C/C=C(\C)CC[C@@H]4CC[C@@H](C)[C@@](O)(O4)C(=O)C(=O)N4CCC[C@H]2[C@H]4C(=O)O3)CC[C@H]1O. The third-order valence-corrected chi connectivity index (χ3v) is 14.5. The fourth-order valence-corrected chi connectivity index (χ4v) is 10.6. The van der Waals surface area contributed by atoms with Crippen LogP contribution in [0.15, 0.2) is 47.6 Å².